The van der Waals surface area contributed by atoms with E-state index in [-0.39, 0.29) is 5.97 Å². The molecule has 0 atom stereocenters. The van der Waals surface area contributed by atoms with Gasteiger partial charge in [0.1, 0.15) is 6.61 Å². The Morgan fingerprint density at radius 3 is 2.86 bits per heavy atom. The number of carbonyl (C=O) groups is 1. The molecule has 0 unspecified atom stereocenters. The van der Waals surface area contributed by atoms with Crippen LogP contribution in [0, 0.1) is 5.92 Å². The number of rotatable bonds is 5. The lowest BCUT2D eigenvalue weighted by Crippen LogP contribution is -2.40. The summed E-state index contributed by atoms with van der Waals surface area (Å²) >= 11 is 0. The third kappa shape index (κ3) is 4.61. The van der Waals surface area contributed by atoms with Crippen LogP contribution in [0.1, 0.15) is 33.1 Å². The molecule has 14 heavy (non-hydrogen) atoms. The molecule has 0 aromatic heterocycles. The first-order valence-corrected chi connectivity index (χ1v) is 5.56. The fraction of sp³-hybridized carbons (Fsp3) is 0.909. The maximum atomic E-state index is 11.0. The number of carbonyl (C=O) groups excluding carboxylic acids is 1. The van der Waals surface area contributed by atoms with Gasteiger partial charge in [-0.3, -0.25) is 9.69 Å². The van der Waals surface area contributed by atoms with Crippen molar-refractivity contribution in [3.05, 3.63) is 0 Å². The Labute approximate surface area is 86.4 Å². The first-order chi connectivity index (χ1) is 6.68. The van der Waals surface area contributed by atoms with Gasteiger partial charge in [-0.1, -0.05) is 26.7 Å². The molecule has 0 aromatic rings. The number of nitrogens with zero attached hydrogens (tertiary/aromatic N) is 1. The smallest absolute Gasteiger partial charge is 0.320 e. The molecule has 0 aliphatic carbocycles. The highest BCUT2D eigenvalue weighted by Crippen LogP contribution is 2.08. The molecule has 1 rings (SSSR count). The number of unbranched alkanes of at least 4 members (excludes halogenated alkanes) is 1. The molecule has 0 aromatic carbocycles. The van der Waals surface area contributed by atoms with Crippen molar-refractivity contribution >= 4 is 5.97 Å². The van der Waals surface area contributed by atoms with E-state index in [9.17, 15) is 4.79 Å². The van der Waals surface area contributed by atoms with Gasteiger partial charge in [-0.05, 0) is 18.9 Å². The highest BCUT2D eigenvalue weighted by atomic mass is 16.5. The van der Waals surface area contributed by atoms with Crippen LogP contribution in [0.25, 0.3) is 0 Å². The Morgan fingerprint density at radius 2 is 2.21 bits per heavy atom. The third-order valence-corrected chi connectivity index (χ3v) is 2.53. The average molecular weight is 199 g/mol. The molecule has 1 aliphatic rings. The molecule has 1 heterocycles. The lowest BCUT2D eigenvalue weighted by molar-refractivity contribution is -0.150. The van der Waals surface area contributed by atoms with Crippen molar-refractivity contribution in [3.8, 4) is 0 Å². The van der Waals surface area contributed by atoms with Gasteiger partial charge in [0.25, 0.3) is 0 Å². The maximum Gasteiger partial charge on any atom is 0.320 e. The fourth-order valence-corrected chi connectivity index (χ4v) is 1.67. The van der Waals surface area contributed by atoms with Crippen molar-refractivity contribution in [2.75, 3.05) is 26.2 Å². The zero-order valence-corrected chi connectivity index (χ0v) is 9.29. The van der Waals surface area contributed by atoms with Crippen molar-refractivity contribution in [2.45, 2.75) is 33.1 Å². The van der Waals surface area contributed by atoms with E-state index in [0.717, 1.165) is 19.0 Å². The molecule has 1 saturated heterocycles. The Kier molecular flexibility index (Phi) is 4.94. The van der Waals surface area contributed by atoms with Crippen LogP contribution >= 0.6 is 0 Å². The lowest BCUT2D eigenvalue weighted by Gasteiger charge is -2.25. The van der Waals surface area contributed by atoms with Crippen molar-refractivity contribution in [2.24, 2.45) is 5.92 Å². The minimum absolute atomic E-state index is 0.0693. The highest BCUT2D eigenvalue weighted by molar-refractivity contribution is 5.72. The van der Waals surface area contributed by atoms with Crippen molar-refractivity contribution in [3.63, 3.8) is 0 Å². The van der Waals surface area contributed by atoms with E-state index in [2.05, 4.69) is 18.7 Å². The first-order valence-electron chi connectivity index (χ1n) is 5.56. The summed E-state index contributed by atoms with van der Waals surface area (Å²) < 4.78 is 4.87. The summed E-state index contributed by atoms with van der Waals surface area (Å²) in [5.74, 6) is 0.724. The van der Waals surface area contributed by atoms with Gasteiger partial charge in [-0.25, -0.2) is 0 Å². The van der Waals surface area contributed by atoms with E-state index in [1.165, 1.54) is 19.3 Å². The molecule has 3 nitrogen and oxygen atoms in total. The van der Waals surface area contributed by atoms with Crippen LogP contribution in [0.4, 0.5) is 0 Å². The SMILES string of the molecule is CC(C)CCCCN1CCOC(=O)C1. The number of hydrogen-bond acceptors (Lipinski definition) is 3. The first kappa shape index (κ1) is 11.5. The van der Waals surface area contributed by atoms with Gasteiger partial charge < -0.3 is 4.74 Å². The summed E-state index contributed by atoms with van der Waals surface area (Å²) in [5, 5.41) is 0. The van der Waals surface area contributed by atoms with E-state index in [1.54, 1.807) is 0 Å². The Balaban J connectivity index is 2.03. The van der Waals surface area contributed by atoms with E-state index in [4.69, 9.17) is 4.74 Å². The van der Waals surface area contributed by atoms with Crippen LogP contribution in [0.5, 0.6) is 0 Å². The molecule has 3 heteroatoms. The van der Waals surface area contributed by atoms with E-state index in [1.807, 2.05) is 0 Å². The van der Waals surface area contributed by atoms with Gasteiger partial charge in [-0.2, -0.15) is 0 Å². The number of morpholine rings is 1. The predicted octanol–water partition coefficient (Wildman–Crippen LogP) is 1.67. The Morgan fingerprint density at radius 1 is 1.43 bits per heavy atom. The van der Waals surface area contributed by atoms with Crippen LogP contribution in [0.3, 0.4) is 0 Å². The topological polar surface area (TPSA) is 29.5 Å². The number of ether oxygens (including phenoxy) is 1. The zero-order chi connectivity index (χ0) is 10.4. The van der Waals surface area contributed by atoms with Gasteiger partial charge in [-0.15, -0.1) is 0 Å². The predicted molar refractivity (Wildman–Crippen MR) is 56.1 cm³/mol. The normalized spacial score (nSPS) is 18.6. The van der Waals surface area contributed by atoms with E-state index < -0.39 is 0 Å². The molecule has 82 valence electrons. The Hall–Kier alpha value is -0.570. The summed E-state index contributed by atoms with van der Waals surface area (Å²) in [5.41, 5.74) is 0. The third-order valence-electron chi connectivity index (χ3n) is 2.53. The second kappa shape index (κ2) is 6.02. The molecule has 0 spiro atoms. The molecular weight excluding hydrogens is 178 g/mol. The largest absolute Gasteiger partial charge is 0.463 e. The lowest BCUT2D eigenvalue weighted by atomic mass is 10.1. The molecular formula is C11H21NO2. The van der Waals surface area contributed by atoms with Gasteiger partial charge in [0, 0.05) is 6.54 Å². The molecule has 1 fully saturated rings. The molecule has 1 aliphatic heterocycles. The Bertz CT molecular complexity index is 180. The maximum absolute atomic E-state index is 11.0. The summed E-state index contributed by atoms with van der Waals surface area (Å²) in [6, 6.07) is 0. The van der Waals surface area contributed by atoms with Crippen molar-refractivity contribution in [1.82, 2.24) is 4.90 Å². The number of esters is 1. The molecule has 0 saturated carbocycles. The van der Waals surface area contributed by atoms with Crippen molar-refractivity contribution < 1.29 is 9.53 Å². The standard InChI is InChI=1S/C11H21NO2/c1-10(2)5-3-4-6-12-7-8-14-11(13)9-12/h10H,3-9H2,1-2H3. The summed E-state index contributed by atoms with van der Waals surface area (Å²) in [6.45, 7) is 7.51. The molecule has 0 N–H and O–H groups in total. The van der Waals surface area contributed by atoms with Crippen LogP contribution in [-0.2, 0) is 9.53 Å². The minimum Gasteiger partial charge on any atom is -0.463 e. The summed E-state index contributed by atoms with van der Waals surface area (Å²) in [4.78, 5) is 13.1. The van der Waals surface area contributed by atoms with Crippen molar-refractivity contribution in [1.29, 1.82) is 0 Å². The summed E-state index contributed by atoms with van der Waals surface area (Å²) in [6.07, 6.45) is 3.76. The number of hydrogen-bond donors (Lipinski definition) is 0. The second-order valence-electron chi connectivity index (χ2n) is 4.39. The number of cyclic esters (lactones) is 1. The van der Waals surface area contributed by atoms with E-state index in [0.29, 0.717) is 13.2 Å². The molecule has 0 amide bonds. The van der Waals surface area contributed by atoms with E-state index >= 15 is 0 Å². The van der Waals surface area contributed by atoms with Crippen LogP contribution in [-0.4, -0.2) is 37.1 Å². The second-order valence-corrected chi connectivity index (χ2v) is 4.39. The van der Waals surface area contributed by atoms with Crippen LogP contribution in [0.2, 0.25) is 0 Å². The quantitative estimate of drug-likeness (QED) is 0.498. The zero-order valence-electron chi connectivity index (χ0n) is 9.29. The average Bonchev–Trinajstić information content (AvgIpc) is 2.12. The van der Waals surface area contributed by atoms with Gasteiger partial charge in [0.15, 0.2) is 0 Å². The van der Waals surface area contributed by atoms with Crippen LogP contribution < -0.4 is 0 Å². The van der Waals surface area contributed by atoms with Gasteiger partial charge >= 0.3 is 5.97 Å². The minimum atomic E-state index is -0.0693. The van der Waals surface area contributed by atoms with Crippen LogP contribution in [0.15, 0.2) is 0 Å². The fourth-order valence-electron chi connectivity index (χ4n) is 1.67. The monoisotopic (exact) mass is 199 g/mol. The van der Waals surface area contributed by atoms with Gasteiger partial charge in [0.05, 0.1) is 6.54 Å². The highest BCUT2D eigenvalue weighted by Gasteiger charge is 2.16. The summed E-state index contributed by atoms with van der Waals surface area (Å²) in [7, 11) is 0. The molecule has 0 radical (unpaired) electrons. The molecule has 0 bridgehead atoms. The van der Waals surface area contributed by atoms with Gasteiger partial charge in [0.2, 0.25) is 0 Å².